The van der Waals surface area contributed by atoms with Crippen molar-refractivity contribution in [2.24, 2.45) is 13.0 Å². The number of hydrogen-bond acceptors (Lipinski definition) is 3. The summed E-state index contributed by atoms with van der Waals surface area (Å²) in [6.45, 7) is 1.17. The summed E-state index contributed by atoms with van der Waals surface area (Å²) in [6, 6.07) is 15.3. The van der Waals surface area contributed by atoms with Gasteiger partial charge in [0.15, 0.2) is 5.78 Å². The molecule has 0 aliphatic carbocycles. The molecule has 4 rings (SSSR count). The number of nitrogens with zero attached hydrogens (tertiary/aromatic N) is 3. The molecule has 2 heterocycles. The van der Waals surface area contributed by atoms with E-state index in [1.165, 1.54) is 0 Å². The van der Waals surface area contributed by atoms with Gasteiger partial charge in [-0.05, 0) is 61.4 Å². The number of fused-ring (bicyclic) bond motifs is 1. The first kappa shape index (κ1) is 20.0. The van der Waals surface area contributed by atoms with Gasteiger partial charge in [-0.15, -0.1) is 0 Å². The van der Waals surface area contributed by atoms with Crippen LogP contribution in [0.1, 0.15) is 23.2 Å². The van der Waals surface area contributed by atoms with Crippen LogP contribution >= 0.6 is 0 Å². The Bertz CT molecular complexity index is 1060. The standard InChI is InChI=1S/C24H27N3O3/c1-25-13-10-18-16-19(4-9-22(18)25)23(28)17-11-14-27(15-12-17)24(29)26(2)20-5-7-21(30-3)8-6-20/h4-10,13,16-17H,11-12,14-15H2,1-3H3. The molecule has 1 saturated heterocycles. The maximum absolute atomic E-state index is 13.0. The fraction of sp³-hybridized carbons (Fsp3) is 0.333. The van der Waals surface area contributed by atoms with Crippen molar-refractivity contribution in [3.63, 3.8) is 0 Å². The summed E-state index contributed by atoms with van der Waals surface area (Å²) in [5.74, 6) is 0.894. The van der Waals surface area contributed by atoms with Crippen LogP contribution in [0, 0.1) is 5.92 Å². The maximum Gasteiger partial charge on any atom is 0.324 e. The van der Waals surface area contributed by atoms with Gasteiger partial charge in [0.2, 0.25) is 0 Å². The average molecular weight is 405 g/mol. The first-order valence-electron chi connectivity index (χ1n) is 10.2. The molecule has 0 unspecified atom stereocenters. The molecule has 1 aliphatic rings. The van der Waals surface area contributed by atoms with Gasteiger partial charge in [-0.25, -0.2) is 4.79 Å². The van der Waals surface area contributed by atoms with E-state index in [0.717, 1.165) is 27.9 Å². The number of likely N-dealkylation sites (tertiary alicyclic amines) is 1. The van der Waals surface area contributed by atoms with E-state index in [1.807, 2.05) is 71.2 Å². The first-order chi connectivity index (χ1) is 14.5. The molecule has 0 saturated carbocycles. The second-order valence-corrected chi connectivity index (χ2v) is 7.87. The van der Waals surface area contributed by atoms with Crippen molar-refractivity contribution in [3.8, 4) is 5.75 Å². The third kappa shape index (κ3) is 3.77. The van der Waals surface area contributed by atoms with Crippen molar-refractivity contribution >= 4 is 28.4 Å². The lowest BCUT2D eigenvalue weighted by molar-refractivity contribution is 0.0857. The number of piperidine rings is 1. The van der Waals surface area contributed by atoms with Gasteiger partial charge in [-0.3, -0.25) is 9.69 Å². The SMILES string of the molecule is COc1ccc(N(C)C(=O)N2CCC(C(=O)c3ccc4c(ccn4C)c3)CC2)cc1. The summed E-state index contributed by atoms with van der Waals surface area (Å²) >= 11 is 0. The molecule has 2 amide bonds. The molecule has 0 radical (unpaired) electrons. The number of ether oxygens (including phenoxy) is 1. The van der Waals surface area contributed by atoms with Gasteiger partial charge in [-0.1, -0.05) is 0 Å². The van der Waals surface area contributed by atoms with Gasteiger partial charge < -0.3 is 14.2 Å². The number of carbonyl (C=O) groups excluding carboxylic acids is 2. The Kier molecular flexibility index (Phi) is 5.48. The highest BCUT2D eigenvalue weighted by atomic mass is 16.5. The minimum Gasteiger partial charge on any atom is -0.497 e. The normalized spacial score (nSPS) is 14.7. The van der Waals surface area contributed by atoms with Crippen molar-refractivity contribution in [1.82, 2.24) is 9.47 Å². The van der Waals surface area contributed by atoms with Crippen molar-refractivity contribution in [1.29, 1.82) is 0 Å². The summed E-state index contributed by atoms with van der Waals surface area (Å²) < 4.78 is 7.22. The lowest BCUT2D eigenvalue weighted by Gasteiger charge is -2.34. The summed E-state index contributed by atoms with van der Waals surface area (Å²) in [7, 11) is 5.39. The lowest BCUT2D eigenvalue weighted by atomic mass is 9.88. The molecule has 0 atom stereocenters. The van der Waals surface area contributed by atoms with Gasteiger partial charge in [-0.2, -0.15) is 0 Å². The number of ketones is 1. The van der Waals surface area contributed by atoms with Gasteiger partial charge in [0.05, 0.1) is 7.11 Å². The molecule has 6 nitrogen and oxygen atoms in total. The molecule has 30 heavy (non-hydrogen) atoms. The van der Waals surface area contributed by atoms with Crippen LogP contribution < -0.4 is 9.64 Å². The molecule has 1 fully saturated rings. The zero-order valence-electron chi connectivity index (χ0n) is 17.7. The van der Waals surface area contributed by atoms with Crippen LogP contribution in [0.4, 0.5) is 10.5 Å². The highest BCUT2D eigenvalue weighted by Crippen LogP contribution is 2.26. The van der Waals surface area contributed by atoms with Crippen molar-refractivity contribution < 1.29 is 14.3 Å². The minimum absolute atomic E-state index is 0.0403. The number of urea groups is 1. The van der Waals surface area contributed by atoms with E-state index in [1.54, 1.807) is 19.1 Å². The average Bonchev–Trinajstić information content (AvgIpc) is 3.17. The summed E-state index contributed by atoms with van der Waals surface area (Å²) in [5.41, 5.74) is 2.69. The molecule has 0 spiro atoms. The Labute approximate surface area is 176 Å². The second-order valence-electron chi connectivity index (χ2n) is 7.87. The van der Waals surface area contributed by atoms with Gasteiger partial charge in [0, 0.05) is 61.5 Å². The second kappa shape index (κ2) is 8.22. The van der Waals surface area contributed by atoms with E-state index in [2.05, 4.69) is 0 Å². The number of hydrogen-bond donors (Lipinski definition) is 0. The predicted molar refractivity (Wildman–Crippen MR) is 118 cm³/mol. The van der Waals surface area contributed by atoms with Crippen LogP contribution in [0.3, 0.4) is 0 Å². The molecule has 1 aliphatic heterocycles. The lowest BCUT2D eigenvalue weighted by Crippen LogP contribution is -2.46. The summed E-state index contributed by atoms with van der Waals surface area (Å²) in [5, 5.41) is 1.08. The third-order valence-electron chi connectivity index (χ3n) is 6.05. The fourth-order valence-corrected chi connectivity index (χ4v) is 4.13. The van der Waals surface area contributed by atoms with Crippen LogP contribution in [-0.4, -0.2) is 48.5 Å². The number of amides is 2. The van der Waals surface area contributed by atoms with Crippen molar-refractivity contribution in [3.05, 3.63) is 60.3 Å². The van der Waals surface area contributed by atoms with E-state index >= 15 is 0 Å². The molecule has 2 aromatic carbocycles. The monoisotopic (exact) mass is 405 g/mol. The summed E-state index contributed by atoms with van der Waals surface area (Å²) in [6.07, 6.45) is 3.38. The minimum atomic E-state index is -0.0447. The number of rotatable bonds is 4. The number of carbonyl (C=O) groups is 2. The molecular formula is C24H27N3O3. The highest BCUT2D eigenvalue weighted by molar-refractivity contribution is 6.01. The Balaban J connectivity index is 1.38. The zero-order valence-corrected chi connectivity index (χ0v) is 17.7. The van der Waals surface area contributed by atoms with Gasteiger partial charge in [0.1, 0.15) is 5.75 Å². The fourth-order valence-electron chi connectivity index (χ4n) is 4.13. The molecule has 6 heteroatoms. The van der Waals surface area contributed by atoms with E-state index in [4.69, 9.17) is 4.74 Å². The number of methoxy groups -OCH3 is 1. The largest absolute Gasteiger partial charge is 0.497 e. The van der Waals surface area contributed by atoms with Crippen LogP contribution in [0.25, 0.3) is 10.9 Å². The summed E-state index contributed by atoms with van der Waals surface area (Å²) in [4.78, 5) is 29.4. The molecular weight excluding hydrogens is 378 g/mol. The van der Waals surface area contributed by atoms with E-state index in [0.29, 0.717) is 25.9 Å². The smallest absolute Gasteiger partial charge is 0.324 e. The topological polar surface area (TPSA) is 54.8 Å². The van der Waals surface area contributed by atoms with Gasteiger partial charge >= 0.3 is 6.03 Å². The van der Waals surface area contributed by atoms with Crippen molar-refractivity contribution in [2.75, 3.05) is 32.1 Å². The van der Waals surface area contributed by atoms with Crippen molar-refractivity contribution in [2.45, 2.75) is 12.8 Å². The maximum atomic E-state index is 13.0. The number of aromatic nitrogens is 1. The quantitative estimate of drug-likeness (QED) is 0.607. The van der Waals surface area contributed by atoms with Crippen LogP contribution in [0.2, 0.25) is 0 Å². The number of anilines is 1. The van der Waals surface area contributed by atoms with Crippen LogP contribution in [0.5, 0.6) is 5.75 Å². The van der Waals surface area contributed by atoms with E-state index < -0.39 is 0 Å². The number of benzene rings is 2. The van der Waals surface area contributed by atoms with E-state index in [-0.39, 0.29) is 17.7 Å². The van der Waals surface area contributed by atoms with E-state index in [9.17, 15) is 9.59 Å². The third-order valence-corrected chi connectivity index (χ3v) is 6.05. The molecule has 0 bridgehead atoms. The predicted octanol–water partition coefficient (Wildman–Crippen LogP) is 4.34. The highest BCUT2D eigenvalue weighted by Gasteiger charge is 2.29. The van der Waals surface area contributed by atoms with Gasteiger partial charge in [0.25, 0.3) is 0 Å². The molecule has 3 aromatic rings. The molecule has 1 aromatic heterocycles. The Hall–Kier alpha value is -3.28. The zero-order chi connectivity index (χ0) is 21.3. The number of Topliss-reactive ketones (excluding diaryl/α,β-unsaturated/α-hetero) is 1. The van der Waals surface area contributed by atoms with Crippen LogP contribution in [0.15, 0.2) is 54.7 Å². The Morgan fingerprint density at radius 3 is 2.40 bits per heavy atom. The Morgan fingerprint density at radius 2 is 1.73 bits per heavy atom. The van der Waals surface area contributed by atoms with Crippen LogP contribution in [-0.2, 0) is 7.05 Å². The molecule has 0 N–H and O–H groups in total. The Morgan fingerprint density at radius 1 is 1.03 bits per heavy atom. The number of aryl methyl sites for hydroxylation is 1. The molecule has 156 valence electrons. The first-order valence-corrected chi connectivity index (χ1v) is 10.2.